The molecule has 1 unspecified atom stereocenters. The lowest BCUT2D eigenvalue weighted by atomic mass is 10.2. The summed E-state index contributed by atoms with van der Waals surface area (Å²) in [5, 5.41) is 6.78. The van der Waals surface area contributed by atoms with E-state index in [1.54, 1.807) is 42.5 Å². The zero-order valence-electron chi connectivity index (χ0n) is 18.1. The van der Waals surface area contributed by atoms with Crippen molar-refractivity contribution in [1.82, 2.24) is 10.7 Å². The molecule has 2 amide bonds. The highest BCUT2D eigenvalue weighted by molar-refractivity contribution is 5.95. The highest BCUT2D eigenvalue weighted by Gasteiger charge is 2.16. The maximum absolute atomic E-state index is 12.3. The molecule has 0 spiro atoms. The van der Waals surface area contributed by atoms with Crippen molar-refractivity contribution in [3.8, 4) is 17.2 Å². The molecule has 0 radical (unpaired) electrons. The van der Waals surface area contributed by atoms with Gasteiger partial charge < -0.3 is 24.3 Å². The number of ether oxygens (including phenoxy) is 4. The molecule has 9 heteroatoms. The molecular weight excluding hydrogens is 414 g/mol. The van der Waals surface area contributed by atoms with Crippen LogP contribution in [0.3, 0.4) is 0 Å². The molecule has 2 aromatic carbocycles. The Morgan fingerprint density at radius 1 is 1.12 bits per heavy atom. The standard InChI is InChI=1S/C23H27N3O6/c1-29-20-10-7-17(12-21(20)30-2)23(28)26-25-13-16-5-8-18(9-6-16)32-15-22(27)24-14-19-4-3-11-31-19/h5-10,12-13,19H,3-4,11,14-15H2,1-2H3,(H,24,27)(H,26,28)/b25-13-. The second-order valence-corrected chi connectivity index (χ2v) is 7.07. The number of benzene rings is 2. The van der Waals surface area contributed by atoms with Gasteiger partial charge in [-0.15, -0.1) is 0 Å². The van der Waals surface area contributed by atoms with Crippen LogP contribution >= 0.6 is 0 Å². The zero-order valence-corrected chi connectivity index (χ0v) is 18.1. The first-order valence-electron chi connectivity index (χ1n) is 10.3. The van der Waals surface area contributed by atoms with Gasteiger partial charge in [-0.3, -0.25) is 9.59 Å². The van der Waals surface area contributed by atoms with Crippen molar-refractivity contribution in [2.45, 2.75) is 18.9 Å². The summed E-state index contributed by atoms with van der Waals surface area (Å²) in [5.74, 6) is 0.986. The number of hydrogen-bond acceptors (Lipinski definition) is 7. The van der Waals surface area contributed by atoms with Gasteiger partial charge in [-0.05, 0) is 60.9 Å². The van der Waals surface area contributed by atoms with Crippen molar-refractivity contribution in [3.05, 3.63) is 53.6 Å². The number of hydrazone groups is 1. The van der Waals surface area contributed by atoms with Gasteiger partial charge in [0, 0.05) is 18.7 Å². The lowest BCUT2D eigenvalue weighted by molar-refractivity contribution is -0.123. The predicted octanol–water partition coefficient (Wildman–Crippen LogP) is 2.14. The summed E-state index contributed by atoms with van der Waals surface area (Å²) in [5.41, 5.74) is 3.62. The van der Waals surface area contributed by atoms with E-state index in [0.717, 1.165) is 25.0 Å². The van der Waals surface area contributed by atoms with Crippen molar-refractivity contribution >= 4 is 18.0 Å². The molecular formula is C23H27N3O6. The third kappa shape index (κ3) is 6.71. The van der Waals surface area contributed by atoms with Gasteiger partial charge in [-0.25, -0.2) is 5.43 Å². The van der Waals surface area contributed by atoms with Gasteiger partial charge in [-0.1, -0.05) is 0 Å². The Hall–Kier alpha value is -3.59. The Kier molecular flexibility index (Phi) is 8.44. The molecule has 1 saturated heterocycles. The molecule has 2 N–H and O–H groups in total. The van der Waals surface area contributed by atoms with Gasteiger partial charge in [0.15, 0.2) is 18.1 Å². The van der Waals surface area contributed by atoms with Gasteiger partial charge in [0.2, 0.25) is 0 Å². The van der Waals surface area contributed by atoms with Crippen LogP contribution in [0.4, 0.5) is 0 Å². The largest absolute Gasteiger partial charge is 0.493 e. The van der Waals surface area contributed by atoms with Crippen molar-refractivity contribution in [2.75, 3.05) is 34.0 Å². The summed E-state index contributed by atoms with van der Waals surface area (Å²) < 4.78 is 21.3. The Balaban J connectivity index is 1.43. The molecule has 0 saturated carbocycles. The smallest absolute Gasteiger partial charge is 0.271 e. The van der Waals surface area contributed by atoms with Crippen molar-refractivity contribution in [1.29, 1.82) is 0 Å². The normalized spacial score (nSPS) is 15.4. The SMILES string of the molecule is COc1ccc(C(=O)N/N=C\c2ccc(OCC(=O)NCC3CCCO3)cc2)cc1OC. The average molecular weight is 441 g/mol. The first-order chi connectivity index (χ1) is 15.6. The minimum atomic E-state index is -0.379. The van der Waals surface area contributed by atoms with Crippen LogP contribution in [0.1, 0.15) is 28.8 Å². The third-order valence-electron chi connectivity index (χ3n) is 4.83. The summed E-state index contributed by atoms with van der Waals surface area (Å²) >= 11 is 0. The highest BCUT2D eigenvalue weighted by Crippen LogP contribution is 2.27. The van der Waals surface area contributed by atoms with Gasteiger partial charge in [-0.2, -0.15) is 5.10 Å². The van der Waals surface area contributed by atoms with Gasteiger partial charge in [0.25, 0.3) is 11.8 Å². The lowest BCUT2D eigenvalue weighted by Gasteiger charge is -2.11. The topological polar surface area (TPSA) is 107 Å². The molecule has 3 rings (SSSR count). The van der Waals surface area contributed by atoms with E-state index in [4.69, 9.17) is 18.9 Å². The third-order valence-corrected chi connectivity index (χ3v) is 4.83. The number of carbonyl (C=O) groups excluding carboxylic acids is 2. The lowest BCUT2D eigenvalue weighted by Crippen LogP contribution is -2.35. The number of nitrogens with zero attached hydrogens (tertiary/aromatic N) is 1. The van der Waals surface area contributed by atoms with Gasteiger partial charge in [0.1, 0.15) is 5.75 Å². The van der Waals surface area contributed by atoms with E-state index in [-0.39, 0.29) is 24.5 Å². The molecule has 32 heavy (non-hydrogen) atoms. The molecule has 9 nitrogen and oxygen atoms in total. The van der Waals surface area contributed by atoms with Crippen LogP contribution in [0.15, 0.2) is 47.6 Å². The number of rotatable bonds is 10. The minimum Gasteiger partial charge on any atom is -0.493 e. The van der Waals surface area contributed by atoms with Crippen LogP contribution in [0.5, 0.6) is 17.2 Å². The summed E-state index contributed by atoms with van der Waals surface area (Å²) in [6, 6.07) is 11.8. The number of carbonyl (C=O) groups is 2. The molecule has 2 aromatic rings. The van der Waals surface area contributed by atoms with Crippen LogP contribution in [0.25, 0.3) is 0 Å². The summed E-state index contributed by atoms with van der Waals surface area (Å²) in [7, 11) is 3.03. The van der Waals surface area contributed by atoms with E-state index >= 15 is 0 Å². The van der Waals surface area contributed by atoms with Crippen LogP contribution < -0.4 is 25.0 Å². The molecule has 0 aliphatic carbocycles. The maximum atomic E-state index is 12.3. The number of nitrogens with one attached hydrogen (secondary N) is 2. The Labute approximate surface area is 186 Å². The van der Waals surface area contributed by atoms with E-state index < -0.39 is 0 Å². The number of methoxy groups -OCH3 is 2. The summed E-state index contributed by atoms with van der Waals surface area (Å²) in [6.45, 7) is 1.20. The highest BCUT2D eigenvalue weighted by atomic mass is 16.5. The number of hydrogen-bond donors (Lipinski definition) is 2. The molecule has 0 aromatic heterocycles. The van der Waals surface area contributed by atoms with Gasteiger partial charge >= 0.3 is 0 Å². The Morgan fingerprint density at radius 3 is 2.59 bits per heavy atom. The van der Waals surface area contributed by atoms with Crippen LogP contribution in [-0.4, -0.2) is 58.1 Å². The fourth-order valence-corrected chi connectivity index (χ4v) is 3.09. The summed E-state index contributed by atoms with van der Waals surface area (Å²) in [6.07, 6.45) is 3.62. The first-order valence-corrected chi connectivity index (χ1v) is 10.3. The van der Waals surface area contributed by atoms with E-state index in [9.17, 15) is 9.59 Å². The van der Waals surface area contributed by atoms with E-state index in [0.29, 0.717) is 29.4 Å². The zero-order chi connectivity index (χ0) is 22.8. The van der Waals surface area contributed by atoms with Crippen LogP contribution in [0, 0.1) is 0 Å². The Bertz CT molecular complexity index is 939. The quantitative estimate of drug-likeness (QED) is 0.432. The van der Waals surface area contributed by atoms with Crippen molar-refractivity contribution < 1.29 is 28.5 Å². The predicted molar refractivity (Wildman–Crippen MR) is 119 cm³/mol. The molecule has 1 atom stereocenters. The molecule has 170 valence electrons. The molecule has 1 aliphatic heterocycles. The molecule has 0 bridgehead atoms. The molecule has 1 heterocycles. The second-order valence-electron chi connectivity index (χ2n) is 7.07. The van der Waals surface area contributed by atoms with Crippen LogP contribution in [-0.2, 0) is 9.53 Å². The second kappa shape index (κ2) is 11.7. The molecule has 1 fully saturated rings. The average Bonchev–Trinajstić information content (AvgIpc) is 3.35. The van der Waals surface area contributed by atoms with E-state index in [1.165, 1.54) is 20.4 Å². The summed E-state index contributed by atoms with van der Waals surface area (Å²) in [4.78, 5) is 24.1. The van der Waals surface area contributed by atoms with Crippen molar-refractivity contribution in [3.63, 3.8) is 0 Å². The van der Waals surface area contributed by atoms with E-state index in [2.05, 4.69) is 15.8 Å². The maximum Gasteiger partial charge on any atom is 0.271 e. The number of amides is 2. The fraction of sp³-hybridized carbons (Fsp3) is 0.348. The van der Waals surface area contributed by atoms with Gasteiger partial charge in [0.05, 0.1) is 26.5 Å². The van der Waals surface area contributed by atoms with E-state index in [1.807, 2.05) is 0 Å². The van der Waals surface area contributed by atoms with Crippen LogP contribution in [0.2, 0.25) is 0 Å². The Morgan fingerprint density at radius 2 is 1.91 bits per heavy atom. The first kappa shape index (κ1) is 23.1. The fourth-order valence-electron chi connectivity index (χ4n) is 3.09. The monoisotopic (exact) mass is 441 g/mol. The van der Waals surface area contributed by atoms with Crippen molar-refractivity contribution in [2.24, 2.45) is 5.10 Å². The molecule has 1 aliphatic rings. The minimum absolute atomic E-state index is 0.0679.